The van der Waals surface area contributed by atoms with Gasteiger partial charge < -0.3 is 0 Å². The van der Waals surface area contributed by atoms with Gasteiger partial charge >= 0.3 is 0 Å². The number of aryl methyl sites for hydroxylation is 1. The molecule has 0 saturated heterocycles. The third-order valence-electron chi connectivity index (χ3n) is 12.1. The van der Waals surface area contributed by atoms with Crippen molar-refractivity contribution in [3.8, 4) is 22.3 Å². The van der Waals surface area contributed by atoms with Crippen LogP contribution in [0.3, 0.4) is 0 Å². The molecule has 0 nitrogen and oxygen atoms in total. The van der Waals surface area contributed by atoms with Crippen molar-refractivity contribution in [2.45, 2.75) is 155 Å². The van der Waals surface area contributed by atoms with Gasteiger partial charge in [0.05, 0.1) is 0 Å². The molecule has 5 rings (SSSR count). The minimum atomic E-state index is -0.851. The molecule has 0 aliphatic heterocycles. The lowest BCUT2D eigenvalue weighted by Crippen LogP contribution is -2.25. The molecule has 0 amide bonds. The number of rotatable bonds is 17. The molecule has 268 valence electrons. The lowest BCUT2D eigenvalue weighted by Gasteiger charge is -2.38. The van der Waals surface area contributed by atoms with Crippen LogP contribution in [0, 0.1) is 41.0 Å². The molecule has 2 fully saturated rings. The van der Waals surface area contributed by atoms with E-state index in [0.29, 0.717) is 28.7 Å². The highest BCUT2D eigenvalue weighted by atomic mass is 19.2. The number of unbranched alkanes of at least 4 members (excludes halogenated alkanes) is 9. The standard InChI is InChI=1S/C45H60F4/c1-3-5-7-8-9-10-11-13-15-38-28-29-39(43(47)42(38)46)36-24-26-37(27-25-36)41-31-30-40(44(48)45(41)49)35-22-20-34(21-23-35)33-18-16-32(17-19-33)14-12-6-4-2/h24-35H,3-23H2,1-2H3. The highest BCUT2D eigenvalue weighted by molar-refractivity contribution is 5.71. The van der Waals surface area contributed by atoms with Gasteiger partial charge in [-0.25, -0.2) is 17.6 Å². The SMILES string of the molecule is CCCCCCCCCCc1ccc(-c2ccc(-c3ccc(C4CCC(C5CCC(CCCCC)CC5)CC4)c(F)c3F)cc2)c(F)c1F. The second-order valence-corrected chi connectivity index (χ2v) is 15.4. The van der Waals surface area contributed by atoms with Crippen molar-refractivity contribution < 1.29 is 17.6 Å². The minimum absolute atomic E-state index is 0.0592. The Balaban J connectivity index is 1.14. The number of benzene rings is 3. The van der Waals surface area contributed by atoms with Crippen LogP contribution in [-0.4, -0.2) is 0 Å². The van der Waals surface area contributed by atoms with Crippen LogP contribution in [0.5, 0.6) is 0 Å². The van der Waals surface area contributed by atoms with Gasteiger partial charge in [0.25, 0.3) is 0 Å². The molecule has 3 aromatic carbocycles. The third-order valence-corrected chi connectivity index (χ3v) is 12.1. The first-order valence-electron chi connectivity index (χ1n) is 20.0. The van der Waals surface area contributed by atoms with Crippen LogP contribution < -0.4 is 0 Å². The molecular weight excluding hydrogens is 616 g/mol. The summed E-state index contributed by atoms with van der Waals surface area (Å²) in [5, 5.41) is 0. The Morgan fingerprint density at radius 1 is 0.469 bits per heavy atom. The van der Waals surface area contributed by atoms with E-state index in [1.165, 1.54) is 83.5 Å². The second-order valence-electron chi connectivity index (χ2n) is 15.4. The molecule has 0 radical (unpaired) electrons. The van der Waals surface area contributed by atoms with Gasteiger partial charge in [-0.2, -0.15) is 0 Å². The highest BCUT2D eigenvalue weighted by Crippen LogP contribution is 2.45. The van der Waals surface area contributed by atoms with Crippen molar-refractivity contribution in [1.82, 2.24) is 0 Å². The molecule has 49 heavy (non-hydrogen) atoms. The maximum atomic E-state index is 15.6. The van der Waals surface area contributed by atoms with Gasteiger partial charge in [-0.1, -0.05) is 146 Å². The van der Waals surface area contributed by atoms with Gasteiger partial charge in [-0.15, -0.1) is 0 Å². The monoisotopic (exact) mass is 676 g/mol. The average Bonchev–Trinajstić information content (AvgIpc) is 3.13. The normalized spacial score (nSPS) is 21.3. The zero-order chi connectivity index (χ0) is 34.6. The predicted molar refractivity (Wildman–Crippen MR) is 198 cm³/mol. The molecule has 0 bridgehead atoms. The predicted octanol–water partition coefficient (Wildman–Crippen LogP) is 14.9. The van der Waals surface area contributed by atoms with Gasteiger partial charge in [0.2, 0.25) is 0 Å². The summed E-state index contributed by atoms with van der Waals surface area (Å²) in [5.74, 6) is -0.696. The van der Waals surface area contributed by atoms with Gasteiger partial charge in [-0.05, 0) is 97.3 Å². The quantitative estimate of drug-likeness (QED) is 0.0986. The second kappa shape index (κ2) is 19.1. The Bertz CT molecular complexity index is 1430. The number of hydrogen-bond acceptors (Lipinski definition) is 0. The van der Waals surface area contributed by atoms with E-state index in [2.05, 4.69) is 13.8 Å². The summed E-state index contributed by atoms with van der Waals surface area (Å²) >= 11 is 0. The largest absolute Gasteiger partial charge is 0.203 e. The summed E-state index contributed by atoms with van der Waals surface area (Å²) in [6.45, 7) is 4.48. The molecule has 0 aromatic heterocycles. The van der Waals surface area contributed by atoms with Crippen LogP contribution >= 0.6 is 0 Å². The van der Waals surface area contributed by atoms with Gasteiger partial charge in [0, 0.05) is 11.1 Å². The van der Waals surface area contributed by atoms with Crippen molar-refractivity contribution in [3.05, 3.63) is 82.9 Å². The van der Waals surface area contributed by atoms with Crippen LogP contribution in [0.1, 0.15) is 159 Å². The molecule has 3 aromatic rings. The van der Waals surface area contributed by atoms with Gasteiger partial charge in [-0.3, -0.25) is 0 Å². The molecule has 4 heteroatoms. The third kappa shape index (κ3) is 10.0. The molecule has 2 saturated carbocycles. The van der Waals surface area contributed by atoms with Crippen molar-refractivity contribution >= 4 is 0 Å². The lowest BCUT2D eigenvalue weighted by molar-refractivity contribution is 0.155. The number of halogens is 4. The number of hydrogen-bond donors (Lipinski definition) is 0. The molecule has 0 atom stereocenters. The summed E-state index contributed by atoms with van der Waals surface area (Å²) in [5.41, 5.74) is 2.33. The van der Waals surface area contributed by atoms with Crippen LogP contribution in [0.15, 0.2) is 48.5 Å². The molecular formula is C45H60F4. The van der Waals surface area contributed by atoms with Crippen molar-refractivity contribution in [2.24, 2.45) is 17.8 Å². The first kappa shape index (κ1) is 37.6. The van der Waals surface area contributed by atoms with E-state index in [0.717, 1.165) is 62.7 Å². The Morgan fingerprint density at radius 3 is 1.55 bits per heavy atom. The first-order chi connectivity index (χ1) is 23.9. The van der Waals surface area contributed by atoms with Gasteiger partial charge in [0.1, 0.15) is 0 Å². The van der Waals surface area contributed by atoms with E-state index >= 15 is 17.6 Å². The van der Waals surface area contributed by atoms with Crippen LogP contribution in [-0.2, 0) is 6.42 Å². The summed E-state index contributed by atoms with van der Waals surface area (Å²) < 4.78 is 61.3. The fourth-order valence-electron chi connectivity index (χ4n) is 8.92. The molecule has 0 N–H and O–H groups in total. The average molecular weight is 677 g/mol. The highest BCUT2D eigenvalue weighted by Gasteiger charge is 2.32. The molecule has 0 spiro atoms. The zero-order valence-corrected chi connectivity index (χ0v) is 30.3. The van der Waals surface area contributed by atoms with E-state index in [9.17, 15) is 0 Å². The van der Waals surface area contributed by atoms with Crippen molar-refractivity contribution in [2.75, 3.05) is 0 Å². The van der Waals surface area contributed by atoms with Gasteiger partial charge in [0.15, 0.2) is 23.3 Å². The fraction of sp³-hybridized carbons (Fsp3) is 0.600. The molecule has 2 aliphatic carbocycles. The topological polar surface area (TPSA) is 0 Å². The Morgan fingerprint density at radius 2 is 0.959 bits per heavy atom. The summed E-state index contributed by atoms with van der Waals surface area (Å²) in [7, 11) is 0. The minimum Gasteiger partial charge on any atom is -0.203 e. The van der Waals surface area contributed by atoms with E-state index < -0.39 is 23.3 Å². The van der Waals surface area contributed by atoms with Crippen LogP contribution in [0.2, 0.25) is 0 Å². The van der Waals surface area contributed by atoms with E-state index in [1.807, 2.05) is 0 Å². The maximum absolute atomic E-state index is 15.6. The Labute approximate surface area is 294 Å². The first-order valence-corrected chi connectivity index (χ1v) is 20.0. The van der Waals surface area contributed by atoms with Crippen LogP contribution in [0.25, 0.3) is 22.3 Å². The Hall–Kier alpha value is -2.62. The summed E-state index contributed by atoms with van der Waals surface area (Å²) in [6.07, 6.45) is 24.7. The van der Waals surface area contributed by atoms with Crippen LogP contribution in [0.4, 0.5) is 17.6 Å². The fourth-order valence-corrected chi connectivity index (χ4v) is 8.92. The Kier molecular flexibility index (Phi) is 14.7. The smallest absolute Gasteiger partial charge is 0.166 e. The summed E-state index contributed by atoms with van der Waals surface area (Å²) in [6, 6.07) is 13.4. The maximum Gasteiger partial charge on any atom is 0.166 e. The summed E-state index contributed by atoms with van der Waals surface area (Å²) in [4.78, 5) is 0. The van der Waals surface area contributed by atoms with Crippen molar-refractivity contribution in [1.29, 1.82) is 0 Å². The molecule has 0 unspecified atom stereocenters. The van der Waals surface area contributed by atoms with Crippen molar-refractivity contribution in [3.63, 3.8) is 0 Å². The lowest BCUT2D eigenvalue weighted by atomic mass is 9.68. The zero-order valence-electron chi connectivity index (χ0n) is 30.3. The molecule has 2 aliphatic rings. The van der Waals surface area contributed by atoms with E-state index in [4.69, 9.17) is 0 Å². The van der Waals surface area contributed by atoms with E-state index in [-0.39, 0.29) is 17.0 Å². The molecule has 0 heterocycles. The van der Waals surface area contributed by atoms with E-state index in [1.54, 1.807) is 48.5 Å².